The van der Waals surface area contributed by atoms with Crippen molar-refractivity contribution in [2.45, 2.75) is 26.2 Å². The lowest BCUT2D eigenvalue weighted by Gasteiger charge is -2.04. The largest absolute Gasteiger partial charge is 0.289 e. The summed E-state index contributed by atoms with van der Waals surface area (Å²) in [6.45, 7) is 2.09. The van der Waals surface area contributed by atoms with Gasteiger partial charge in [-0.2, -0.15) is 0 Å². The van der Waals surface area contributed by atoms with E-state index in [-0.39, 0.29) is 5.78 Å². The first kappa shape index (κ1) is 14.6. The van der Waals surface area contributed by atoms with Crippen LogP contribution in [0.2, 0.25) is 0 Å². The van der Waals surface area contributed by atoms with Crippen LogP contribution in [0.4, 0.5) is 0 Å². The van der Waals surface area contributed by atoms with Gasteiger partial charge in [0, 0.05) is 11.1 Å². The van der Waals surface area contributed by atoms with E-state index in [0.29, 0.717) is 0 Å². The zero-order chi connectivity index (χ0) is 14.4. The number of thiocarbonyl (C=S) groups is 1. The molecule has 0 aliphatic heterocycles. The lowest BCUT2D eigenvalue weighted by Crippen LogP contribution is -2.01. The second-order valence-corrected chi connectivity index (χ2v) is 5.36. The minimum absolute atomic E-state index is 0.0706. The van der Waals surface area contributed by atoms with Gasteiger partial charge < -0.3 is 0 Å². The minimum atomic E-state index is 0.0706. The van der Waals surface area contributed by atoms with E-state index in [2.05, 4.69) is 6.92 Å². The molecule has 0 amide bonds. The van der Waals surface area contributed by atoms with Crippen molar-refractivity contribution in [3.05, 3.63) is 71.3 Å². The van der Waals surface area contributed by atoms with Gasteiger partial charge in [-0.15, -0.1) is 0 Å². The Bertz CT molecular complexity index is 585. The minimum Gasteiger partial charge on any atom is -0.289 e. The molecule has 0 bridgehead atoms. The molecule has 0 spiro atoms. The van der Waals surface area contributed by atoms with Crippen LogP contribution in [0.5, 0.6) is 0 Å². The molecule has 2 rings (SSSR count). The Kier molecular flexibility index (Phi) is 5.19. The van der Waals surface area contributed by atoms with Crippen LogP contribution in [-0.2, 0) is 6.42 Å². The van der Waals surface area contributed by atoms with Gasteiger partial charge in [-0.3, -0.25) is 4.79 Å². The van der Waals surface area contributed by atoms with Gasteiger partial charge >= 0.3 is 0 Å². The van der Waals surface area contributed by atoms with E-state index in [1.807, 2.05) is 54.6 Å². The lowest BCUT2D eigenvalue weighted by molar-refractivity contribution is 0.103. The molecule has 0 atom stereocenters. The van der Waals surface area contributed by atoms with Gasteiger partial charge in [-0.1, -0.05) is 73.7 Å². The molecule has 1 nitrogen and oxygen atoms in total. The molecule has 0 unspecified atom stereocenters. The van der Waals surface area contributed by atoms with Crippen molar-refractivity contribution in [1.29, 1.82) is 0 Å². The van der Waals surface area contributed by atoms with E-state index in [0.717, 1.165) is 35.3 Å². The molecule has 0 saturated heterocycles. The van der Waals surface area contributed by atoms with Crippen molar-refractivity contribution < 1.29 is 4.79 Å². The first-order valence-corrected chi connectivity index (χ1v) is 7.32. The summed E-state index contributed by atoms with van der Waals surface area (Å²) < 4.78 is 0. The van der Waals surface area contributed by atoms with Gasteiger partial charge in [0.25, 0.3) is 0 Å². The second kappa shape index (κ2) is 7.11. The molecule has 0 radical (unpaired) electrons. The summed E-state index contributed by atoms with van der Waals surface area (Å²) in [7, 11) is 0. The second-order valence-electron chi connectivity index (χ2n) is 4.78. The summed E-state index contributed by atoms with van der Waals surface area (Å²) in [5.41, 5.74) is 2.69. The molecule has 2 heteroatoms. The molecule has 0 aliphatic rings. The molecule has 20 heavy (non-hydrogen) atoms. The van der Waals surface area contributed by atoms with E-state index < -0.39 is 0 Å². The highest BCUT2D eigenvalue weighted by atomic mass is 32.1. The van der Waals surface area contributed by atoms with Crippen molar-refractivity contribution in [3.8, 4) is 0 Å². The van der Waals surface area contributed by atoms with Gasteiger partial charge in [0.05, 0.1) is 0 Å². The Morgan fingerprint density at radius 3 is 2.15 bits per heavy atom. The molecule has 102 valence electrons. The number of hydrogen-bond donors (Lipinski definition) is 0. The molecule has 0 heterocycles. The lowest BCUT2D eigenvalue weighted by atomic mass is 10.0. The molecule has 0 aromatic heterocycles. The van der Waals surface area contributed by atoms with E-state index in [1.54, 1.807) is 0 Å². The Morgan fingerprint density at radius 1 is 0.950 bits per heavy atom. The monoisotopic (exact) mass is 282 g/mol. The summed E-state index contributed by atoms with van der Waals surface area (Å²) in [5.74, 6) is 0.0706. The van der Waals surface area contributed by atoms with Crippen LogP contribution in [0.25, 0.3) is 0 Å². The van der Waals surface area contributed by atoms with E-state index in [4.69, 9.17) is 12.2 Å². The fourth-order valence-corrected chi connectivity index (χ4v) is 2.14. The molecular weight excluding hydrogens is 264 g/mol. The molecule has 0 N–H and O–H groups in total. The van der Waals surface area contributed by atoms with Gasteiger partial charge in [-0.05, 0) is 29.7 Å². The normalized spacial score (nSPS) is 10.2. The third-order valence-electron chi connectivity index (χ3n) is 3.34. The summed E-state index contributed by atoms with van der Waals surface area (Å²) in [5, 5.41) is 0. The van der Waals surface area contributed by atoms with Crippen molar-refractivity contribution in [3.63, 3.8) is 0 Å². The number of benzene rings is 2. The van der Waals surface area contributed by atoms with Gasteiger partial charge in [-0.25, -0.2) is 0 Å². The highest BCUT2D eigenvalue weighted by molar-refractivity contribution is 7.80. The molecule has 0 saturated carbocycles. The average Bonchev–Trinajstić information content (AvgIpc) is 2.53. The third-order valence-corrected chi connectivity index (χ3v) is 3.83. The van der Waals surface area contributed by atoms with Crippen LogP contribution in [-0.4, -0.2) is 10.6 Å². The van der Waals surface area contributed by atoms with Crippen LogP contribution < -0.4 is 0 Å². The summed E-state index contributed by atoms with van der Waals surface area (Å²) in [6.07, 6.45) is 2.85. The van der Waals surface area contributed by atoms with Crippen LogP contribution in [0, 0.1) is 0 Å². The third kappa shape index (κ3) is 3.84. The first-order chi connectivity index (χ1) is 9.70. The predicted octanol–water partition coefficient (Wildman–Crippen LogP) is 4.63. The SMILES string of the molecule is CCC(=S)CCc1ccc(C(=O)c2ccccc2)cc1. The number of ketones is 1. The Morgan fingerprint density at radius 2 is 1.55 bits per heavy atom. The topological polar surface area (TPSA) is 17.1 Å². The Hall–Kier alpha value is -1.80. The van der Waals surface area contributed by atoms with Crippen LogP contribution >= 0.6 is 12.2 Å². The molecular formula is C18H18OS. The summed E-state index contributed by atoms with van der Waals surface area (Å²) >= 11 is 5.23. The van der Waals surface area contributed by atoms with Crippen LogP contribution in [0.1, 0.15) is 41.3 Å². The number of aryl methyl sites for hydroxylation is 1. The van der Waals surface area contributed by atoms with Crippen molar-refractivity contribution >= 4 is 22.9 Å². The van der Waals surface area contributed by atoms with Crippen molar-refractivity contribution in [1.82, 2.24) is 0 Å². The maximum atomic E-state index is 12.2. The Labute approximate surface area is 125 Å². The first-order valence-electron chi connectivity index (χ1n) is 6.91. The number of hydrogen-bond acceptors (Lipinski definition) is 2. The fourth-order valence-electron chi connectivity index (χ4n) is 2.04. The number of carbonyl (C=O) groups excluding carboxylic acids is 1. The van der Waals surface area contributed by atoms with Gasteiger partial charge in [0.15, 0.2) is 5.78 Å². The van der Waals surface area contributed by atoms with E-state index >= 15 is 0 Å². The zero-order valence-corrected chi connectivity index (χ0v) is 12.5. The maximum Gasteiger partial charge on any atom is 0.193 e. The highest BCUT2D eigenvalue weighted by Gasteiger charge is 2.08. The average molecular weight is 282 g/mol. The smallest absolute Gasteiger partial charge is 0.193 e. The van der Waals surface area contributed by atoms with Gasteiger partial charge in [0.1, 0.15) is 0 Å². The zero-order valence-electron chi connectivity index (χ0n) is 11.6. The fraction of sp³-hybridized carbons (Fsp3) is 0.222. The molecule has 2 aromatic rings. The predicted molar refractivity (Wildman–Crippen MR) is 87.5 cm³/mol. The molecule has 0 aliphatic carbocycles. The van der Waals surface area contributed by atoms with E-state index in [1.165, 1.54) is 5.56 Å². The van der Waals surface area contributed by atoms with Crippen molar-refractivity contribution in [2.24, 2.45) is 0 Å². The highest BCUT2D eigenvalue weighted by Crippen LogP contribution is 2.12. The number of rotatable bonds is 6. The van der Waals surface area contributed by atoms with Gasteiger partial charge in [0.2, 0.25) is 0 Å². The quantitative estimate of drug-likeness (QED) is 0.567. The molecule has 0 fully saturated rings. The summed E-state index contributed by atoms with van der Waals surface area (Å²) in [4.78, 5) is 13.4. The van der Waals surface area contributed by atoms with E-state index in [9.17, 15) is 4.79 Å². The Balaban J connectivity index is 2.05. The standard InChI is InChI=1S/C18H18OS/c1-2-17(20)13-10-14-8-11-16(12-9-14)18(19)15-6-4-3-5-7-15/h3-9,11-12H,2,10,13H2,1H3. The van der Waals surface area contributed by atoms with Crippen LogP contribution in [0.3, 0.4) is 0 Å². The maximum absolute atomic E-state index is 12.2. The molecule has 2 aromatic carbocycles. The summed E-state index contributed by atoms with van der Waals surface area (Å²) in [6, 6.07) is 17.2. The number of carbonyl (C=O) groups is 1. The van der Waals surface area contributed by atoms with Crippen LogP contribution in [0.15, 0.2) is 54.6 Å². The van der Waals surface area contributed by atoms with Crippen molar-refractivity contribution in [2.75, 3.05) is 0 Å².